The molecular formula is C24H23IN2O2S. The number of methoxy groups -OCH3 is 1. The largest absolute Gasteiger partial charge is 0.496 e. The molecule has 0 aliphatic heterocycles. The molecule has 0 bridgehead atoms. The van der Waals surface area contributed by atoms with Crippen LogP contribution in [0.15, 0.2) is 53.5 Å². The molecule has 0 atom stereocenters. The second kappa shape index (κ2) is 9.75. The topological polar surface area (TPSA) is 50.7 Å². The number of aryl methyl sites for hydroxylation is 1. The summed E-state index contributed by atoms with van der Waals surface area (Å²) < 4.78 is 6.36. The zero-order valence-electron chi connectivity index (χ0n) is 16.8. The van der Waals surface area contributed by atoms with Crippen molar-refractivity contribution >= 4 is 51.1 Å². The van der Waals surface area contributed by atoms with Crippen molar-refractivity contribution in [3.8, 4) is 5.75 Å². The fourth-order valence-corrected chi connectivity index (χ4v) is 5.63. The minimum Gasteiger partial charge on any atom is -0.496 e. The van der Waals surface area contributed by atoms with Gasteiger partial charge in [-0.1, -0.05) is 30.3 Å². The smallest absolute Gasteiger partial charge is 0.254 e. The van der Waals surface area contributed by atoms with Gasteiger partial charge >= 0.3 is 0 Å². The Labute approximate surface area is 194 Å². The number of benzene rings is 2. The summed E-state index contributed by atoms with van der Waals surface area (Å²) in [7, 11) is 1.67. The van der Waals surface area contributed by atoms with Crippen LogP contribution in [0, 0.1) is 3.57 Å². The van der Waals surface area contributed by atoms with Crippen LogP contribution in [0.4, 0.5) is 5.00 Å². The zero-order chi connectivity index (χ0) is 20.9. The first-order chi connectivity index (χ1) is 14.7. The summed E-state index contributed by atoms with van der Waals surface area (Å²) in [6.45, 7) is 0.518. The van der Waals surface area contributed by atoms with Crippen LogP contribution in [0.2, 0.25) is 0 Å². The SMILES string of the molecule is COc1ccc(C=Nc2sc3c(c2C(=O)NCc2ccccc2)CCCC3)cc1I. The van der Waals surface area contributed by atoms with E-state index in [4.69, 9.17) is 9.73 Å². The first-order valence-electron chi connectivity index (χ1n) is 10.00. The molecule has 0 unspecified atom stereocenters. The van der Waals surface area contributed by atoms with E-state index < -0.39 is 0 Å². The Balaban J connectivity index is 1.60. The van der Waals surface area contributed by atoms with Gasteiger partial charge in [0.25, 0.3) is 5.91 Å². The number of thiophene rings is 1. The maximum atomic E-state index is 13.1. The van der Waals surface area contributed by atoms with E-state index in [9.17, 15) is 4.79 Å². The number of nitrogens with zero attached hydrogens (tertiary/aromatic N) is 1. The van der Waals surface area contributed by atoms with Crippen LogP contribution >= 0.6 is 33.9 Å². The summed E-state index contributed by atoms with van der Waals surface area (Å²) in [5.41, 5.74) is 4.02. The summed E-state index contributed by atoms with van der Waals surface area (Å²) in [5, 5.41) is 3.89. The van der Waals surface area contributed by atoms with Crippen molar-refractivity contribution in [1.82, 2.24) is 5.32 Å². The maximum absolute atomic E-state index is 13.1. The second-order valence-electron chi connectivity index (χ2n) is 7.21. The zero-order valence-corrected chi connectivity index (χ0v) is 19.8. The van der Waals surface area contributed by atoms with Gasteiger partial charge in [-0.15, -0.1) is 11.3 Å². The number of hydrogen-bond donors (Lipinski definition) is 1. The van der Waals surface area contributed by atoms with E-state index in [0.717, 1.165) is 50.3 Å². The minimum atomic E-state index is -0.0327. The summed E-state index contributed by atoms with van der Waals surface area (Å²) in [6.07, 6.45) is 6.14. The molecule has 0 radical (unpaired) electrons. The Morgan fingerprint density at radius 3 is 2.77 bits per heavy atom. The molecule has 3 aromatic rings. The number of aliphatic imine (C=N–C) groups is 1. The molecule has 4 rings (SSSR count). The number of ether oxygens (including phenoxy) is 1. The number of nitrogens with one attached hydrogen (secondary N) is 1. The fraction of sp³-hybridized carbons (Fsp3) is 0.250. The lowest BCUT2D eigenvalue weighted by molar-refractivity contribution is 0.0951. The van der Waals surface area contributed by atoms with Gasteiger partial charge in [0.2, 0.25) is 0 Å². The molecule has 1 aliphatic carbocycles. The van der Waals surface area contributed by atoms with Gasteiger partial charge in [0, 0.05) is 17.6 Å². The van der Waals surface area contributed by atoms with Gasteiger partial charge in [0.15, 0.2) is 0 Å². The molecule has 0 saturated carbocycles. The summed E-state index contributed by atoms with van der Waals surface area (Å²) in [6, 6.07) is 15.9. The number of halogens is 1. The molecule has 6 heteroatoms. The van der Waals surface area contributed by atoms with Gasteiger partial charge in [-0.25, -0.2) is 4.99 Å². The molecule has 1 heterocycles. The molecule has 1 amide bonds. The summed E-state index contributed by atoms with van der Waals surface area (Å²) in [4.78, 5) is 19.2. The van der Waals surface area contributed by atoms with E-state index in [1.54, 1.807) is 18.4 Å². The summed E-state index contributed by atoms with van der Waals surface area (Å²) in [5.74, 6) is 0.815. The molecule has 2 aromatic carbocycles. The Morgan fingerprint density at radius 1 is 1.20 bits per heavy atom. The molecule has 0 fully saturated rings. The Bertz CT molecular complexity index is 1080. The highest BCUT2D eigenvalue weighted by atomic mass is 127. The van der Waals surface area contributed by atoms with Gasteiger partial charge in [-0.3, -0.25) is 4.79 Å². The highest BCUT2D eigenvalue weighted by molar-refractivity contribution is 14.1. The van der Waals surface area contributed by atoms with Crippen LogP contribution in [-0.2, 0) is 19.4 Å². The summed E-state index contributed by atoms with van der Waals surface area (Å²) >= 11 is 3.91. The first kappa shape index (κ1) is 21.1. The average Bonchev–Trinajstić information content (AvgIpc) is 3.15. The van der Waals surface area contributed by atoms with E-state index in [1.165, 1.54) is 16.9 Å². The normalized spacial score (nSPS) is 13.3. The molecule has 1 aromatic heterocycles. The van der Waals surface area contributed by atoms with Crippen LogP contribution < -0.4 is 10.1 Å². The van der Waals surface area contributed by atoms with E-state index in [1.807, 2.05) is 54.7 Å². The van der Waals surface area contributed by atoms with Crippen molar-refractivity contribution in [2.75, 3.05) is 7.11 Å². The first-order valence-corrected chi connectivity index (χ1v) is 11.9. The highest BCUT2D eigenvalue weighted by Crippen LogP contribution is 2.40. The average molecular weight is 530 g/mol. The molecule has 154 valence electrons. The Morgan fingerprint density at radius 2 is 2.00 bits per heavy atom. The third-order valence-electron chi connectivity index (χ3n) is 5.18. The van der Waals surface area contributed by atoms with Gasteiger partial charge < -0.3 is 10.1 Å². The fourth-order valence-electron chi connectivity index (χ4n) is 3.64. The lowest BCUT2D eigenvalue weighted by Gasteiger charge is -2.12. The number of carbonyl (C=O) groups is 1. The van der Waals surface area contributed by atoms with E-state index >= 15 is 0 Å². The van der Waals surface area contributed by atoms with E-state index in [2.05, 4.69) is 27.9 Å². The molecule has 1 aliphatic rings. The van der Waals surface area contributed by atoms with Crippen molar-refractivity contribution in [3.05, 3.63) is 79.2 Å². The van der Waals surface area contributed by atoms with Crippen molar-refractivity contribution in [1.29, 1.82) is 0 Å². The lowest BCUT2D eigenvalue weighted by Crippen LogP contribution is -2.24. The van der Waals surface area contributed by atoms with Gasteiger partial charge in [0.05, 0.1) is 16.2 Å². The lowest BCUT2D eigenvalue weighted by atomic mass is 9.95. The number of carbonyl (C=O) groups excluding carboxylic acids is 1. The standard InChI is InChI=1S/C24H23IN2O2S/c1-29-20-12-11-17(13-19(20)25)15-27-24-22(18-9-5-6-10-21(18)30-24)23(28)26-14-16-7-3-2-4-8-16/h2-4,7-8,11-13,15H,5-6,9-10,14H2,1H3,(H,26,28). The number of hydrogen-bond acceptors (Lipinski definition) is 4. The molecule has 0 saturated heterocycles. The third kappa shape index (κ3) is 4.75. The number of fused-ring (bicyclic) bond motifs is 1. The predicted octanol–water partition coefficient (Wildman–Crippen LogP) is 5.92. The molecule has 0 spiro atoms. The van der Waals surface area contributed by atoms with Crippen LogP contribution in [0.5, 0.6) is 5.75 Å². The maximum Gasteiger partial charge on any atom is 0.254 e. The van der Waals surface area contributed by atoms with Crippen LogP contribution in [0.1, 0.15) is 44.8 Å². The van der Waals surface area contributed by atoms with Gasteiger partial charge in [0.1, 0.15) is 10.8 Å². The highest BCUT2D eigenvalue weighted by Gasteiger charge is 2.25. The van der Waals surface area contributed by atoms with Gasteiger partial charge in [-0.05, 0) is 83.2 Å². The Hall–Kier alpha value is -2.19. The van der Waals surface area contributed by atoms with Gasteiger partial charge in [-0.2, -0.15) is 0 Å². The molecule has 4 nitrogen and oxygen atoms in total. The molecule has 30 heavy (non-hydrogen) atoms. The molecule has 1 N–H and O–H groups in total. The number of rotatable bonds is 6. The van der Waals surface area contributed by atoms with Crippen molar-refractivity contribution in [2.24, 2.45) is 4.99 Å². The second-order valence-corrected chi connectivity index (χ2v) is 9.46. The predicted molar refractivity (Wildman–Crippen MR) is 132 cm³/mol. The molecular weight excluding hydrogens is 507 g/mol. The number of amides is 1. The Kier molecular flexibility index (Phi) is 6.84. The van der Waals surface area contributed by atoms with Crippen molar-refractivity contribution in [3.63, 3.8) is 0 Å². The van der Waals surface area contributed by atoms with Crippen LogP contribution in [0.25, 0.3) is 0 Å². The van der Waals surface area contributed by atoms with Crippen molar-refractivity contribution < 1.29 is 9.53 Å². The third-order valence-corrected chi connectivity index (χ3v) is 7.23. The monoisotopic (exact) mass is 530 g/mol. The van der Waals surface area contributed by atoms with Crippen LogP contribution in [0.3, 0.4) is 0 Å². The quantitative estimate of drug-likeness (QED) is 0.318. The minimum absolute atomic E-state index is 0.0327. The van der Waals surface area contributed by atoms with Crippen molar-refractivity contribution in [2.45, 2.75) is 32.2 Å². The van der Waals surface area contributed by atoms with E-state index in [-0.39, 0.29) is 5.91 Å². The van der Waals surface area contributed by atoms with Crippen LogP contribution in [-0.4, -0.2) is 19.2 Å². The van der Waals surface area contributed by atoms with E-state index in [0.29, 0.717) is 6.54 Å².